The number of hydrogen-bond acceptors (Lipinski definition) is 3. The Morgan fingerprint density at radius 3 is 2.95 bits per heavy atom. The predicted molar refractivity (Wildman–Crippen MR) is 80.7 cm³/mol. The van der Waals surface area contributed by atoms with Gasteiger partial charge in [0.05, 0.1) is 11.6 Å². The number of hydrogen-bond donors (Lipinski definition) is 1. The van der Waals surface area contributed by atoms with Gasteiger partial charge in [-0.2, -0.15) is 0 Å². The fraction of sp³-hybridized carbons (Fsp3) is 0.176. The van der Waals surface area contributed by atoms with Gasteiger partial charge in [-0.15, -0.1) is 0 Å². The maximum Gasteiger partial charge on any atom is 0.251 e. The second-order valence-corrected chi connectivity index (χ2v) is 4.98. The number of nitrogens with one attached hydrogen (secondary N) is 1. The first-order chi connectivity index (χ1) is 10.2. The van der Waals surface area contributed by atoms with Crippen molar-refractivity contribution in [1.29, 1.82) is 0 Å². The Balaban J connectivity index is 1.74. The van der Waals surface area contributed by atoms with Crippen LogP contribution in [0.15, 0.2) is 54.4 Å². The maximum absolute atomic E-state index is 12.3. The molecule has 4 nitrogen and oxygen atoms in total. The van der Waals surface area contributed by atoms with E-state index in [-0.39, 0.29) is 11.9 Å². The van der Waals surface area contributed by atoms with Crippen molar-refractivity contribution in [2.24, 2.45) is 0 Å². The summed E-state index contributed by atoms with van der Waals surface area (Å²) in [6, 6.07) is 11.4. The molecule has 1 aromatic carbocycles. The lowest BCUT2D eigenvalue weighted by Crippen LogP contribution is -2.30. The number of para-hydroxylation sites is 1. The highest BCUT2D eigenvalue weighted by Gasteiger charge is 2.18. The third-order valence-corrected chi connectivity index (χ3v) is 3.46. The lowest BCUT2D eigenvalue weighted by molar-refractivity contribution is -0.118. The van der Waals surface area contributed by atoms with Crippen LogP contribution < -0.4 is 10.1 Å². The van der Waals surface area contributed by atoms with Crippen LogP contribution in [0, 0.1) is 0 Å². The minimum atomic E-state index is -0.110. The van der Waals surface area contributed by atoms with Gasteiger partial charge in [-0.1, -0.05) is 24.3 Å². The zero-order chi connectivity index (χ0) is 14.7. The second-order valence-electron chi connectivity index (χ2n) is 4.98. The molecule has 21 heavy (non-hydrogen) atoms. The number of ether oxygens (including phenoxy) is 1. The van der Waals surface area contributed by atoms with E-state index in [4.69, 9.17) is 4.74 Å². The number of nitrogens with zero attached hydrogens (tertiary/aromatic N) is 1. The molecule has 1 aliphatic heterocycles. The minimum Gasteiger partial charge on any atom is -0.488 e. The van der Waals surface area contributed by atoms with Crippen molar-refractivity contribution in [3.63, 3.8) is 0 Å². The summed E-state index contributed by atoms with van der Waals surface area (Å²) in [6.45, 7) is 2.23. The van der Waals surface area contributed by atoms with Crippen LogP contribution in [0.5, 0.6) is 5.75 Å². The summed E-state index contributed by atoms with van der Waals surface area (Å²) in [5.74, 6) is 0.704. The SMILES string of the molecule is CC(NC(=O)C1=Cc2ccccc2OC1)c1cccnc1. The Morgan fingerprint density at radius 1 is 1.29 bits per heavy atom. The van der Waals surface area contributed by atoms with Gasteiger partial charge in [0, 0.05) is 18.0 Å². The first kappa shape index (κ1) is 13.4. The predicted octanol–water partition coefficient (Wildman–Crippen LogP) is 2.73. The largest absolute Gasteiger partial charge is 0.488 e. The highest BCUT2D eigenvalue weighted by molar-refractivity contribution is 5.99. The fourth-order valence-corrected chi connectivity index (χ4v) is 2.25. The van der Waals surface area contributed by atoms with E-state index in [9.17, 15) is 4.79 Å². The van der Waals surface area contributed by atoms with E-state index in [1.807, 2.05) is 49.4 Å². The highest BCUT2D eigenvalue weighted by Crippen LogP contribution is 2.26. The van der Waals surface area contributed by atoms with Gasteiger partial charge in [0.15, 0.2) is 0 Å². The first-order valence-electron chi connectivity index (χ1n) is 6.87. The van der Waals surface area contributed by atoms with Crippen LogP contribution in [-0.2, 0) is 4.79 Å². The average molecular weight is 280 g/mol. The summed E-state index contributed by atoms with van der Waals surface area (Å²) in [4.78, 5) is 16.4. The Morgan fingerprint density at radius 2 is 2.14 bits per heavy atom. The summed E-state index contributed by atoms with van der Waals surface area (Å²) >= 11 is 0. The molecule has 4 heteroatoms. The quantitative estimate of drug-likeness (QED) is 0.940. The molecule has 1 amide bonds. The molecule has 0 saturated heterocycles. The maximum atomic E-state index is 12.3. The summed E-state index contributed by atoms with van der Waals surface area (Å²) in [6.07, 6.45) is 5.35. The lowest BCUT2D eigenvalue weighted by atomic mass is 10.1. The average Bonchev–Trinajstić information content (AvgIpc) is 2.55. The molecular formula is C17H16N2O2. The van der Waals surface area contributed by atoms with E-state index in [2.05, 4.69) is 10.3 Å². The zero-order valence-corrected chi connectivity index (χ0v) is 11.7. The molecule has 1 atom stereocenters. The van der Waals surface area contributed by atoms with Gasteiger partial charge in [0.25, 0.3) is 5.91 Å². The number of fused-ring (bicyclic) bond motifs is 1. The third kappa shape index (κ3) is 2.94. The van der Waals surface area contributed by atoms with Crippen LogP contribution in [0.1, 0.15) is 24.1 Å². The van der Waals surface area contributed by atoms with Gasteiger partial charge in [-0.3, -0.25) is 9.78 Å². The fourth-order valence-electron chi connectivity index (χ4n) is 2.25. The Bertz CT molecular complexity index is 680. The Kier molecular flexibility index (Phi) is 3.69. The molecule has 1 N–H and O–H groups in total. The molecule has 2 aromatic rings. The van der Waals surface area contributed by atoms with Crippen molar-refractivity contribution in [3.8, 4) is 5.75 Å². The summed E-state index contributed by atoms with van der Waals surface area (Å²) in [7, 11) is 0. The topological polar surface area (TPSA) is 51.2 Å². The first-order valence-corrected chi connectivity index (χ1v) is 6.87. The third-order valence-electron chi connectivity index (χ3n) is 3.46. The highest BCUT2D eigenvalue weighted by atomic mass is 16.5. The lowest BCUT2D eigenvalue weighted by Gasteiger charge is -2.19. The van der Waals surface area contributed by atoms with Crippen LogP contribution in [0.3, 0.4) is 0 Å². The van der Waals surface area contributed by atoms with Crippen molar-refractivity contribution in [2.75, 3.05) is 6.61 Å². The van der Waals surface area contributed by atoms with E-state index in [1.165, 1.54) is 0 Å². The molecule has 0 aliphatic carbocycles. The molecule has 106 valence electrons. The molecule has 0 fully saturated rings. The summed E-state index contributed by atoms with van der Waals surface area (Å²) in [5, 5.41) is 2.97. The molecule has 0 radical (unpaired) electrons. The van der Waals surface area contributed by atoms with Gasteiger partial charge in [0.2, 0.25) is 0 Å². The van der Waals surface area contributed by atoms with Crippen molar-refractivity contribution in [2.45, 2.75) is 13.0 Å². The molecule has 1 aliphatic rings. The van der Waals surface area contributed by atoms with Gasteiger partial charge >= 0.3 is 0 Å². The van der Waals surface area contributed by atoms with Gasteiger partial charge in [-0.05, 0) is 30.7 Å². The van der Waals surface area contributed by atoms with Gasteiger partial charge < -0.3 is 10.1 Å². The van der Waals surface area contributed by atoms with E-state index < -0.39 is 0 Å². The molecule has 0 saturated carbocycles. The van der Waals surface area contributed by atoms with Crippen LogP contribution in [-0.4, -0.2) is 17.5 Å². The monoisotopic (exact) mass is 280 g/mol. The second kappa shape index (κ2) is 5.79. The zero-order valence-electron chi connectivity index (χ0n) is 11.7. The molecule has 0 spiro atoms. The molecule has 0 bridgehead atoms. The van der Waals surface area contributed by atoms with E-state index in [0.29, 0.717) is 12.2 Å². The number of aromatic nitrogens is 1. The molecule has 3 rings (SSSR count). The van der Waals surface area contributed by atoms with Crippen LogP contribution in [0.2, 0.25) is 0 Å². The van der Waals surface area contributed by atoms with Crippen molar-refractivity contribution in [1.82, 2.24) is 10.3 Å². The van der Waals surface area contributed by atoms with Crippen molar-refractivity contribution in [3.05, 3.63) is 65.5 Å². The smallest absolute Gasteiger partial charge is 0.251 e. The normalized spacial score (nSPS) is 14.4. The molecule has 1 aromatic heterocycles. The number of benzene rings is 1. The van der Waals surface area contributed by atoms with Gasteiger partial charge in [0.1, 0.15) is 12.4 Å². The Hall–Kier alpha value is -2.62. The van der Waals surface area contributed by atoms with Crippen LogP contribution in [0.4, 0.5) is 0 Å². The number of rotatable bonds is 3. The van der Waals surface area contributed by atoms with Crippen LogP contribution >= 0.6 is 0 Å². The Labute approximate surface area is 123 Å². The van der Waals surface area contributed by atoms with E-state index in [1.54, 1.807) is 12.4 Å². The van der Waals surface area contributed by atoms with Crippen LogP contribution in [0.25, 0.3) is 6.08 Å². The van der Waals surface area contributed by atoms with Gasteiger partial charge in [-0.25, -0.2) is 0 Å². The summed E-state index contributed by atoms with van der Waals surface area (Å²) in [5.41, 5.74) is 2.54. The number of pyridine rings is 1. The molecule has 1 unspecified atom stereocenters. The standard InChI is InChI=1S/C17H16N2O2/c1-12(14-6-4-8-18-10-14)19-17(20)15-9-13-5-2-3-7-16(13)21-11-15/h2-10,12H,11H2,1H3,(H,19,20). The van der Waals surface area contributed by atoms with Crippen molar-refractivity contribution >= 4 is 12.0 Å². The van der Waals surface area contributed by atoms with E-state index in [0.717, 1.165) is 16.9 Å². The summed E-state index contributed by atoms with van der Waals surface area (Å²) < 4.78 is 5.60. The number of amides is 1. The minimum absolute atomic E-state index is 0.0933. The molecule has 2 heterocycles. The number of carbonyl (C=O) groups excluding carboxylic acids is 1. The number of carbonyl (C=O) groups is 1. The molecular weight excluding hydrogens is 264 g/mol. The van der Waals surface area contributed by atoms with Crippen molar-refractivity contribution < 1.29 is 9.53 Å². The van der Waals surface area contributed by atoms with E-state index >= 15 is 0 Å².